The number of rotatable bonds is 8. The molecule has 1 atom stereocenters. The Hall–Kier alpha value is -3.10. The second kappa shape index (κ2) is 10.3. The van der Waals surface area contributed by atoms with Gasteiger partial charge in [0, 0.05) is 39.9 Å². The van der Waals surface area contributed by atoms with Crippen LogP contribution in [0.15, 0.2) is 47.8 Å². The molecule has 0 radical (unpaired) electrons. The number of benzene rings is 2. The molecule has 1 unspecified atom stereocenters. The average Bonchev–Trinajstić information content (AvgIpc) is 3.21. The van der Waals surface area contributed by atoms with Gasteiger partial charge in [0.15, 0.2) is 6.10 Å². The third-order valence-corrected chi connectivity index (χ3v) is 5.42. The van der Waals surface area contributed by atoms with E-state index in [2.05, 4.69) is 10.3 Å². The van der Waals surface area contributed by atoms with Crippen LogP contribution >= 0.6 is 22.9 Å². The molecule has 9 heteroatoms. The zero-order valence-electron chi connectivity index (χ0n) is 17.2. The van der Waals surface area contributed by atoms with Gasteiger partial charge in [-0.2, -0.15) is 0 Å². The fourth-order valence-corrected chi connectivity index (χ4v) is 3.71. The molecule has 0 spiro atoms. The Kier molecular flexibility index (Phi) is 7.49. The molecule has 0 aliphatic rings. The van der Waals surface area contributed by atoms with Crippen molar-refractivity contribution in [2.24, 2.45) is 0 Å². The maximum Gasteiger partial charge on any atom is 0.312 e. The van der Waals surface area contributed by atoms with Crippen LogP contribution in [0.1, 0.15) is 12.6 Å². The fourth-order valence-electron chi connectivity index (χ4n) is 2.71. The standard InChI is InChI=1S/C22H21ClN2O5S/c1-13(21(27)24-16-8-18(28-2)11-19(9-16)29-3)30-20(26)10-17-12-31-22(25-17)14-5-4-6-15(23)7-14/h4-9,11-13H,10H2,1-3H3,(H,24,27). The third-order valence-electron chi connectivity index (χ3n) is 4.25. The minimum atomic E-state index is -0.990. The average molecular weight is 461 g/mol. The normalized spacial score (nSPS) is 11.5. The highest BCUT2D eigenvalue weighted by atomic mass is 35.5. The van der Waals surface area contributed by atoms with Gasteiger partial charge in [0.1, 0.15) is 16.5 Å². The third kappa shape index (κ3) is 6.19. The molecule has 1 N–H and O–H groups in total. The molecule has 0 aliphatic carbocycles. The molecule has 162 valence electrons. The van der Waals surface area contributed by atoms with Gasteiger partial charge in [0.2, 0.25) is 0 Å². The van der Waals surface area contributed by atoms with Crippen LogP contribution in [0.4, 0.5) is 5.69 Å². The second-order valence-corrected chi connectivity index (χ2v) is 7.85. The Morgan fingerprint density at radius 1 is 1.13 bits per heavy atom. The molecule has 3 aromatic rings. The molecule has 0 bridgehead atoms. The lowest BCUT2D eigenvalue weighted by Gasteiger charge is -2.14. The van der Waals surface area contributed by atoms with Crippen molar-refractivity contribution in [1.29, 1.82) is 0 Å². The molecule has 3 rings (SSSR count). The summed E-state index contributed by atoms with van der Waals surface area (Å²) in [5.74, 6) is 0.0343. The van der Waals surface area contributed by atoms with Gasteiger partial charge in [-0.05, 0) is 19.1 Å². The summed E-state index contributed by atoms with van der Waals surface area (Å²) in [6, 6.07) is 12.3. The molecule has 0 aliphatic heterocycles. The quantitative estimate of drug-likeness (QED) is 0.494. The number of anilines is 1. The van der Waals surface area contributed by atoms with Crippen LogP contribution in [0.25, 0.3) is 10.6 Å². The number of thiazole rings is 1. The molecule has 0 fully saturated rings. The van der Waals surface area contributed by atoms with Crippen LogP contribution in [-0.2, 0) is 20.7 Å². The molecule has 31 heavy (non-hydrogen) atoms. The van der Waals surface area contributed by atoms with E-state index in [1.54, 1.807) is 29.6 Å². The number of nitrogens with zero attached hydrogens (tertiary/aromatic N) is 1. The summed E-state index contributed by atoms with van der Waals surface area (Å²) < 4.78 is 15.6. The van der Waals surface area contributed by atoms with E-state index in [1.807, 2.05) is 18.2 Å². The molecule has 1 aromatic heterocycles. The number of ether oxygens (including phenoxy) is 3. The van der Waals surface area contributed by atoms with E-state index < -0.39 is 18.0 Å². The molecular weight excluding hydrogens is 440 g/mol. The van der Waals surface area contributed by atoms with Crippen molar-refractivity contribution >= 4 is 40.5 Å². The number of amides is 1. The van der Waals surface area contributed by atoms with E-state index in [9.17, 15) is 9.59 Å². The molecule has 0 saturated carbocycles. The highest BCUT2D eigenvalue weighted by molar-refractivity contribution is 7.13. The molecule has 0 saturated heterocycles. The number of methoxy groups -OCH3 is 2. The van der Waals surface area contributed by atoms with Crippen molar-refractivity contribution in [2.45, 2.75) is 19.4 Å². The SMILES string of the molecule is COc1cc(NC(=O)C(C)OC(=O)Cc2csc(-c3cccc(Cl)c3)n2)cc(OC)c1. The zero-order valence-corrected chi connectivity index (χ0v) is 18.8. The summed E-state index contributed by atoms with van der Waals surface area (Å²) in [5.41, 5.74) is 1.91. The van der Waals surface area contributed by atoms with Crippen molar-refractivity contribution in [3.63, 3.8) is 0 Å². The van der Waals surface area contributed by atoms with Gasteiger partial charge in [-0.1, -0.05) is 23.7 Å². The maximum atomic E-state index is 12.4. The topological polar surface area (TPSA) is 86.8 Å². The smallest absolute Gasteiger partial charge is 0.312 e. The van der Waals surface area contributed by atoms with Crippen molar-refractivity contribution in [1.82, 2.24) is 4.98 Å². The largest absolute Gasteiger partial charge is 0.497 e. The fraction of sp³-hybridized carbons (Fsp3) is 0.227. The van der Waals surface area contributed by atoms with Crippen LogP contribution < -0.4 is 14.8 Å². The number of halogens is 1. The van der Waals surface area contributed by atoms with E-state index in [4.69, 9.17) is 25.8 Å². The van der Waals surface area contributed by atoms with E-state index in [-0.39, 0.29) is 6.42 Å². The van der Waals surface area contributed by atoms with Crippen molar-refractivity contribution in [3.05, 3.63) is 58.6 Å². The van der Waals surface area contributed by atoms with Gasteiger partial charge in [0.05, 0.1) is 26.3 Å². The summed E-state index contributed by atoms with van der Waals surface area (Å²) in [7, 11) is 3.03. The highest BCUT2D eigenvalue weighted by Gasteiger charge is 2.20. The van der Waals surface area contributed by atoms with Gasteiger partial charge in [-0.15, -0.1) is 11.3 Å². The van der Waals surface area contributed by atoms with Crippen LogP contribution in [-0.4, -0.2) is 37.2 Å². The second-order valence-electron chi connectivity index (χ2n) is 6.55. The summed E-state index contributed by atoms with van der Waals surface area (Å²) in [6.07, 6.45) is -1.03. The van der Waals surface area contributed by atoms with E-state index in [0.29, 0.717) is 27.9 Å². The van der Waals surface area contributed by atoms with Crippen molar-refractivity contribution in [3.8, 4) is 22.1 Å². The summed E-state index contributed by atoms with van der Waals surface area (Å²) >= 11 is 7.42. The first kappa shape index (κ1) is 22.6. The van der Waals surface area contributed by atoms with E-state index >= 15 is 0 Å². The van der Waals surface area contributed by atoms with Crippen molar-refractivity contribution < 1.29 is 23.8 Å². The summed E-state index contributed by atoms with van der Waals surface area (Å²) in [4.78, 5) is 29.2. The molecule has 2 aromatic carbocycles. The Morgan fingerprint density at radius 2 is 1.84 bits per heavy atom. The monoisotopic (exact) mass is 460 g/mol. The first-order chi connectivity index (χ1) is 14.9. The molecular formula is C22H21ClN2O5S. The number of nitrogens with one attached hydrogen (secondary N) is 1. The number of hydrogen-bond acceptors (Lipinski definition) is 7. The summed E-state index contributed by atoms with van der Waals surface area (Å²) in [6.45, 7) is 1.50. The predicted molar refractivity (Wildman–Crippen MR) is 120 cm³/mol. The Labute approximate surface area is 188 Å². The Bertz CT molecular complexity index is 1060. The number of aromatic nitrogens is 1. The van der Waals surface area contributed by atoms with Gasteiger partial charge in [-0.3, -0.25) is 9.59 Å². The van der Waals surface area contributed by atoms with Gasteiger partial charge in [0.25, 0.3) is 5.91 Å². The lowest BCUT2D eigenvalue weighted by atomic mass is 10.2. The Morgan fingerprint density at radius 3 is 2.48 bits per heavy atom. The highest BCUT2D eigenvalue weighted by Crippen LogP contribution is 2.27. The van der Waals surface area contributed by atoms with E-state index in [1.165, 1.54) is 32.5 Å². The Balaban J connectivity index is 1.57. The first-order valence-electron chi connectivity index (χ1n) is 9.31. The van der Waals surface area contributed by atoms with E-state index in [0.717, 1.165) is 10.6 Å². The number of esters is 1. The molecule has 1 heterocycles. The zero-order chi connectivity index (χ0) is 22.4. The first-order valence-corrected chi connectivity index (χ1v) is 10.6. The summed E-state index contributed by atoms with van der Waals surface area (Å²) in [5, 5.41) is 5.84. The minimum absolute atomic E-state index is 0.0400. The lowest BCUT2D eigenvalue weighted by Crippen LogP contribution is -2.30. The molecule has 1 amide bonds. The molecule has 7 nitrogen and oxygen atoms in total. The van der Waals surface area contributed by atoms with Gasteiger partial charge in [-0.25, -0.2) is 4.98 Å². The van der Waals surface area contributed by atoms with Crippen LogP contribution in [0, 0.1) is 0 Å². The number of carbonyl (C=O) groups excluding carboxylic acids is 2. The van der Waals surface area contributed by atoms with Gasteiger partial charge < -0.3 is 19.5 Å². The number of hydrogen-bond donors (Lipinski definition) is 1. The van der Waals surface area contributed by atoms with Crippen LogP contribution in [0.3, 0.4) is 0 Å². The number of carbonyl (C=O) groups is 2. The predicted octanol–water partition coefficient (Wildman–Crippen LogP) is 4.59. The maximum absolute atomic E-state index is 12.4. The van der Waals surface area contributed by atoms with Crippen LogP contribution in [0.2, 0.25) is 5.02 Å². The van der Waals surface area contributed by atoms with Crippen LogP contribution in [0.5, 0.6) is 11.5 Å². The van der Waals surface area contributed by atoms with Crippen molar-refractivity contribution in [2.75, 3.05) is 19.5 Å². The van der Waals surface area contributed by atoms with Gasteiger partial charge >= 0.3 is 5.97 Å². The lowest BCUT2D eigenvalue weighted by molar-refractivity contribution is -0.152. The minimum Gasteiger partial charge on any atom is -0.497 e.